The Kier molecular flexibility index (Phi) is 6.05. The number of ether oxygens (including phenoxy) is 1. The minimum absolute atomic E-state index is 0.0665. The lowest BCUT2D eigenvalue weighted by atomic mass is 9.75. The molecule has 1 aromatic heterocycles. The second-order valence-corrected chi connectivity index (χ2v) is 9.41. The van der Waals surface area contributed by atoms with E-state index in [2.05, 4.69) is 31.1 Å². The van der Waals surface area contributed by atoms with E-state index in [4.69, 9.17) is 4.74 Å². The Bertz CT molecular complexity index is 1020. The molecule has 9 heteroatoms. The zero-order valence-electron chi connectivity index (χ0n) is 19.4. The number of hydrogen-bond donors (Lipinski definition) is 0. The minimum Gasteiger partial charge on any atom is -0.495 e. The number of anilines is 1. The number of Topliss-reactive ketones (excluding diaryl/α,β-unsaturated/α-hetero) is 1. The van der Waals surface area contributed by atoms with Crippen molar-refractivity contribution < 1.29 is 14.3 Å². The van der Waals surface area contributed by atoms with E-state index in [1.165, 1.54) is 6.92 Å². The zero-order chi connectivity index (χ0) is 22.9. The van der Waals surface area contributed by atoms with Gasteiger partial charge in [-0.1, -0.05) is 17.3 Å². The Hall–Kier alpha value is -2.94. The van der Waals surface area contributed by atoms with Gasteiger partial charge in [-0.05, 0) is 37.4 Å². The number of nitrogens with zero attached hydrogens (tertiary/aromatic N) is 6. The Morgan fingerprint density at radius 2 is 1.91 bits per heavy atom. The summed E-state index contributed by atoms with van der Waals surface area (Å²) in [5.41, 5.74) is 1.50. The van der Waals surface area contributed by atoms with Gasteiger partial charge in [-0.2, -0.15) is 0 Å². The number of methoxy groups -OCH3 is 1. The number of piperazine rings is 1. The van der Waals surface area contributed by atoms with E-state index in [0.717, 1.165) is 70.1 Å². The maximum absolute atomic E-state index is 13.4. The number of benzene rings is 1. The fourth-order valence-electron chi connectivity index (χ4n) is 5.67. The summed E-state index contributed by atoms with van der Waals surface area (Å²) in [7, 11) is 1.70. The van der Waals surface area contributed by atoms with Gasteiger partial charge in [0.2, 0.25) is 5.91 Å². The summed E-state index contributed by atoms with van der Waals surface area (Å²) in [6.07, 6.45) is 3.80. The number of piperidine rings is 3. The highest BCUT2D eigenvalue weighted by atomic mass is 16.5. The highest BCUT2D eigenvalue weighted by Crippen LogP contribution is 2.38. The first-order valence-corrected chi connectivity index (χ1v) is 11.9. The molecule has 0 radical (unpaired) electrons. The van der Waals surface area contributed by atoms with E-state index in [-0.39, 0.29) is 11.7 Å². The van der Waals surface area contributed by atoms with Crippen LogP contribution in [0.2, 0.25) is 0 Å². The van der Waals surface area contributed by atoms with Gasteiger partial charge in [-0.3, -0.25) is 19.2 Å². The van der Waals surface area contributed by atoms with E-state index in [1.54, 1.807) is 18.0 Å². The van der Waals surface area contributed by atoms with E-state index in [9.17, 15) is 9.59 Å². The molecule has 1 aromatic carbocycles. The molecule has 6 rings (SSSR count). The summed E-state index contributed by atoms with van der Waals surface area (Å²) in [6.45, 7) is 7.19. The molecule has 4 fully saturated rings. The molecular weight excluding hydrogens is 420 g/mol. The molecule has 4 saturated heterocycles. The molecule has 176 valence electrons. The smallest absolute Gasteiger partial charge is 0.227 e. The molecule has 0 N–H and O–H groups in total. The van der Waals surface area contributed by atoms with E-state index in [1.807, 2.05) is 18.2 Å². The van der Waals surface area contributed by atoms with Gasteiger partial charge in [-0.15, -0.1) is 5.10 Å². The third kappa shape index (κ3) is 4.34. The average Bonchev–Trinajstić information content (AvgIpc) is 3.33. The Morgan fingerprint density at radius 3 is 2.58 bits per heavy atom. The summed E-state index contributed by atoms with van der Waals surface area (Å²) in [4.78, 5) is 31.7. The molecule has 4 aliphatic rings. The lowest BCUT2D eigenvalue weighted by Gasteiger charge is -2.50. The fourth-order valence-corrected chi connectivity index (χ4v) is 5.67. The van der Waals surface area contributed by atoms with Crippen molar-refractivity contribution in [1.29, 1.82) is 0 Å². The van der Waals surface area contributed by atoms with Crippen LogP contribution in [0, 0.1) is 11.8 Å². The van der Waals surface area contributed by atoms with Crippen LogP contribution < -0.4 is 9.64 Å². The van der Waals surface area contributed by atoms with Crippen LogP contribution >= 0.6 is 0 Å². The average molecular weight is 453 g/mol. The first-order valence-electron chi connectivity index (χ1n) is 11.9. The van der Waals surface area contributed by atoms with Crippen molar-refractivity contribution in [3.63, 3.8) is 0 Å². The highest BCUT2D eigenvalue weighted by Gasteiger charge is 2.44. The van der Waals surface area contributed by atoms with Crippen molar-refractivity contribution in [3.05, 3.63) is 36.2 Å². The number of para-hydroxylation sites is 2. The van der Waals surface area contributed by atoms with Gasteiger partial charge in [0.25, 0.3) is 0 Å². The lowest BCUT2D eigenvalue weighted by molar-refractivity contribution is -0.144. The predicted molar refractivity (Wildman–Crippen MR) is 123 cm³/mol. The SMILES string of the molecule is COc1ccccc1N1CCN(C(=O)[C@H]2CN3CCC2C[C@@H]3Cn2cc(C(C)=O)nn2)CC1. The van der Waals surface area contributed by atoms with Crippen LogP contribution in [0.15, 0.2) is 30.5 Å². The standard InChI is InChI=1S/C24H32N6O3/c1-17(31)21-16-30(26-25-21)14-19-13-18-7-8-29(19)15-20(18)24(32)28-11-9-27(10-12-28)22-5-3-4-6-23(22)33-2/h3-6,16,18-20H,7-15H2,1-2H3/t18?,19-,20+/m1/s1. The van der Waals surface area contributed by atoms with Crippen LogP contribution in [-0.2, 0) is 11.3 Å². The van der Waals surface area contributed by atoms with Crippen molar-refractivity contribution in [3.8, 4) is 5.75 Å². The Morgan fingerprint density at radius 1 is 1.12 bits per heavy atom. The van der Waals surface area contributed by atoms with Gasteiger partial charge in [0, 0.05) is 45.7 Å². The molecule has 0 saturated carbocycles. The monoisotopic (exact) mass is 452 g/mol. The number of carbonyl (C=O) groups excluding carboxylic acids is 2. The first-order chi connectivity index (χ1) is 16.0. The van der Waals surface area contributed by atoms with Gasteiger partial charge < -0.3 is 14.5 Å². The van der Waals surface area contributed by atoms with Crippen molar-refractivity contribution in [2.75, 3.05) is 51.3 Å². The number of ketones is 1. The highest BCUT2D eigenvalue weighted by molar-refractivity contribution is 5.91. The molecular formula is C24H32N6O3. The molecule has 2 bridgehead atoms. The van der Waals surface area contributed by atoms with E-state index in [0.29, 0.717) is 23.6 Å². The van der Waals surface area contributed by atoms with Gasteiger partial charge in [0.15, 0.2) is 5.78 Å². The van der Waals surface area contributed by atoms with Crippen molar-refractivity contribution in [2.45, 2.75) is 32.4 Å². The van der Waals surface area contributed by atoms with Crippen LogP contribution in [0.5, 0.6) is 5.75 Å². The second kappa shape index (κ2) is 9.13. The number of aromatic nitrogens is 3. The molecule has 4 aliphatic heterocycles. The Balaban J connectivity index is 1.18. The summed E-state index contributed by atoms with van der Waals surface area (Å²) < 4.78 is 7.29. The summed E-state index contributed by atoms with van der Waals surface area (Å²) >= 11 is 0. The summed E-state index contributed by atoms with van der Waals surface area (Å²) in [5, 5.41) is 8.08. The largest absolute Gasteiger partial charge is 0.495 e. The number of hydrogen-bond acceptors (Lipinski definition) is 7. The number of rotatable bonds is 6. The third-order valence-corrected chi connectivity index (χ3v) is 7.51. The first kappa shape index (κ1) is 21.9. The van der Waals surface area contributed by atoms with Crippen LogP contribution in [0.25, 0.3) is 0 Å². The van der Waals surface area contributed by atoms with Crippen LogP contribution in [0.3, 0.4) is 0 Å². The maximum Gasteiger partial charge on any atom is 0.227 e. The molecule has 9 nitrogen and oxygen atoms in total. The van der Waals surface area contributed by atoms with Gasteiger partial charge in [0.1, 0.15) is 11.4 Å². The van der Waals surface area contributed by atoms with E-state index >= 15 is 0 Å². The van der Waals surface area contributed by atoms with E-state index < -0.39 is 0 Å². The third-order valence-electron chi connectivity index (χ3n) is 7.51. The topological polar surface area (TPSA) is 83.8 Å². The molecule has 2 aromatic rings. The normalized spacial score (nSPS) is 27.0. The van der Waals surface area contributed by atoms with Crippen LogP contribution in [0.1, 0.15) is 30.3 Å². The van der Waals surface area contributed by atoms with Gasteiger partial charge >= 0.3 is 0 Å². The minimum atomic E-state index is -0.0665. The van der Waals surface area contributed by atoms with Crippen molar-refractivity contribution in [1.82, 2.24) is 24.8 Å². The number of carbonyl (C=O) groups is 2. The van der Waals surface area contributed by atoms with Crippen LogP contribution in [0.4, 0.5) is 5.69 Å². The van der Waals surface area contributed by atoms with Crippen molar-refractivity contribution >= 4 is 17.4 Å². The molecule has 1 amide bonds. The molecule has 0 aliphatic carbocycles. The maximum atomic E-state index is 13.4. The second-order valence-electron chi connectivity index (χ2n) is 9.41. The Labute approximate surface area is 194 Å². The fraction of sp³-hybridized carbons (Fsp3) is 0.583. The summed E-state index contributed by atoms with van der Waals surface area (Å²) in [5.74, 6) is 1.61. The van der Waals surface area contributed by atoms with Crippen molar-refractivity contribution in [2.24, 2.45) is 11.8 Å². The van der Waals surface area contributed by atoms with Crippen LogP contribution in [-0.4, -0.2) is 88.9 Å². The molecule has 2 unspecified atom stereocenters. The molecule has 33 heavy (non-hydrogen) atoms. The number of fused-ring (bicyclic) bond motifs is 3. The summed E-state index contributed by atoms with van der Waals surface area (Å²) in [6, 6.07) is 8.42. The number of amides is 1. The van der Waals surface area contributed by atoms with Gasteiger partial charge in [0.05, 0.1) is 31.5 Å². The molecule has 0 spiro atoms. The predicted octanol–water partition coefficient (Wildman–Crippen LogP) is 1.55. The molecule has 4 atom stereocenters. The quantitative estimate of drug-likeness (QED) is 0.615. The lowest BCUT2D eigenvalue weighted by Crippen LogP contribution is -2.60. The molecule has 5 heterocycles. The zero-order valence-corrected chi connectivity index (χ0v) is 19.4. The van der Waals surface area contributed by atoms with Gasteiger partial charge in [-0.25, -0.2) is 0 Å².